The van der Waals surface area contributed by atoms with Gasteiger partial charge in [0.15, 0.2) is 0 Å². The van der Waals surface area contributed by atoms with Gasteiger partial charge in [0.1, 0.15) is 18.8 Å². The van der Waals surface area contributed by atoms with Crippen LogP contribution in [-0.4, -0.2) is 63.2 Å². The largest absolute Gasteiger partial charge is 0.465 e. The summed E-state index contributed by atoms with van der Waals surface area (Å²) in [5.74, 6) is 0.756. The number of amides is 2. The highest BCUT2D eigenvalue weighted by atomic mass is 16.6. The maximum Gasteiger partial charge on any atom is 0.410 e. The second-order valence-electron chi connectivity index (χ2n) is 6.78. The first kappa shape index (κ1) is 18.0. The molecule has 1 N–H and O–H groups in total. The van der Waals surface area contributed by atoms with Crippen LogP contribution in [-0.2, 0) is 24.4 Å². The molecule has 146 valence electrons. The van der Waals surface area contributed by atoms with Crippen LogP contribution in [0.3, 0.4) is 0 Å². The van der Waals surface area contributed by atoms with Gasteiger partial charge in [0.05, 0.1) is 18.8 Å². The number of nitrogens with zero attached hydrogens (tertiary/aromatic N) is 5. The predicted molar refractivity (Wildman–Crippen MR) is 99.7 cm³/mol. The molecule has 2 aromatic rings. The van der Waals surface area contributed by atoms with Crippen molar-refractivity contribution in [2.75, 3.05) is 31.1 Å². The van der Waals surface area contributed by atoms with E-state index in [0.717, 1.165) is 22.6 Å². The van der Waals surface area contributed by atoms with E-state index < -0.39 is 6.09 Å². The zero-order valence-corrected chi connectivity index (χ0v) is 15.3. The van der Waals surface area contributed by atoms with Gasteiger partial charge in [0.25, 0.3) is 0 Å². The Hall–Kier alpha value is -3.36. The highest BCUT2D eigenvalue weighted by molar-refractivity contribution is 5.69. The molecule has 1 saturated heterocycles. The van der Waals surface area contributed by atoms with Crippen LogP contribution in [0.5, 0.6) is 0 Å². The number of carbonyl (C=O) groups is 2. The third-order valence-electron chi connectivity index (χ3n) is 5.01. The molecular formula is C19H21N5O4. The van der Waals surface area contributed by atoms with Crippen molar-refractivity contribution in [2.24, 2.45) is 0 Å². The lowest BCUT2D eigenvalue weighted by Gasteiger charge is -2.35. The maximum atomic E-state index is 12.3. The summed E-state index contributed by atoms with van der Waals surface area (Å²) in [4.78, 5) is 37.2. The standard InChI is InChI=1S/C19H21N5O4/c25-18(26)24-10-15-16(11-24)20-13-21-17(15)22-6-8-23(9-7-22)19(27)28-12-14-4-2-1-3-5-14/h1-5,13H,6-12H2,(H,25,26). The van der Waals surface area contributed by atoms with E-state index in [0.29, 0.717) is 32.7 Å². The smallest absolute Gasteiger partial charge is 0.410 e. The average molecular weight is 383 g/mol. The molecule has 1 aromatic heterocycles. The van der Waals surface area contributed by atoms with E-state index in [2.05, 4.69) is 14.9 Å². The van der Waals surface area contributed by atoms with Crippen LogP contribution < -0.4 is 4.90 Å². The van der Waals surface area contributed by atoms with Crippen LogP contribution in [0.1, 0.15) is 16.8 Å². The Morgan fingerprint density at radius 2 is 1.75 bits per heavy atom. The molecule has 0 unspecified atom stereocenters. The number of carbonyl (C=O) groups excluding carboxylic acids is 1. The van der Waals surface area contributed by atoms with Gasteiger partial charge < -0.3 is 19.6 Å². The number of piperazine rings is 1. The fourth-order valence-corrected chi connectivity index (χ4v) is 3.48. The minimum atomic E-state index is -0.963. The van der Waals surface area contributed by atoms with E-state index in [9.17, 15) is 14.7 Å². The number of hydrogen-bond donors (Lipinski definition) is 1. The topological polar surface area (TPSA) is 99.1 Å². The minimum absolute atomic E-state index is 0.254. The lowest BCUT2D eigenvalue weighted by atomic mass is 10.2. The number of fused-ring (bicyclic) bond motifs is 1. The van der Waals surface area contributed by atoms with Gasteiger partial charge in [0.2, 0.25) is 0 Å². The molecule has 4 rings (SSSR count). The molecule has 9 heteroatoms. The zero-order chi connectivity index (χ0) is 19.5. The van der Waals surface area contributed by atoms with Crippen LogP contribution in [0.15, 0.2) is 36.7 Å². The molecule has 0 radical (unpaired) electrons. The lowest BCUT2D eigenvalue weighted by Crippen LogP contribution is -2.49. The summed E-state index contributed by atoms with van der Waals surface area (Å²) < 4.78 is 5.39. The summed E-state index contributed by atoms with van der Waals surface area (Å²) in [6.07, 6.45) is 0.184. The molecule has 2 aliphatic heterocycles. The summed E-state index contributed by atoms with van der Waals surface area (Å²) >= 11 is 0. The predicted octanol–water partition coefficient (Wildman–Crippen LogP) is 1.93. The maximum absolute atomic E-state index is 12.3. The third kappa shape index (κ3) is 3.68. The molecular weight excluding hydrogens is 362 g/mol. The summed E-state index contributed by atoms with van der Waals surface area (Å²) in [5, 5.41) is 9.22. The number of ether oxygens (including phenoxy) is 1. The number of hydrogen-bond acceptors (Lipinski definition) is 6. The van der Waals surface area contributed by atoms with Gasteiger partial charge in [-0.05, 0) is 5.56 Å². The molecule has 28 heavy (non-hydrogen) atoms. The highest BCUT2D eigenvalue weighted by Gasteiger charge is 2.31. The van der Waals surface area contributed by atoms with Crippen LogP contribution in [0, 0.1) is 0 Å². The highest BCUT2D eigenvalue weighted by Crippen LogP contribution is 2.29. The van der Waals surface area contributed by atoms with Crippen LogP contribution in [0.4, 0.5) is 15.4 Å². The fraction of sp³-hybridized carbons (Fsp3) is 0.368. The Bertz CT molecular complexity index is 868. The summed E-state index contributed by atoms with van der Waals surface area (Å²) in [5.41, 5.74) is 2.55. The Morgan fingerprint density at radius 1 is 1.00 bits per heavy atom. The van der Waals surface area contributed by atoms with Crippen molar-refractivity contribution in [3.63, 3.8) is 0 Å². The van der Waals surface area contributed by atoms with E-state index in [1.807, 2.05) is 30.3 Å². The monoisotopic (exact) mass is 383 g/mol. The third-order valence-corrected chi connectivity index (χ3v) is 5.01. The number of anilines is 1. The summed E-state index contributed by atoms with van der Waals surface area (Å²) in [7, 11) is 0. The van der Waals surface area contributed by atoms with Crippen molar-refractivity contribution in [1.29, 1.82) is 0 Å². The normalized spacial score (nSPS) is 16.1. The van der Waals surface area contributed by atoms with Crippen molar-refractivity contribution >= 4 is 18.0 Å². The molecule has 0 spiro atoms. The van der Waals surface area contributed by atoms with Gasteiger partial charge in [-0.3, -0.25) is 4.90 Å². The van der Waals surface area contributed by atoms with Crippen molar-refractivity contribution in [3.8, 4) is 0 Å². The Balaban J connectivity index is 1.34. The van der Waals surface area contributed by atoms with E-state index in [4.69, 9.17) is 4.74 Å². The van der Waals surface area contributed by atoms with Crippen LogP contribution in [0.25, 0.3) is 0 Å². The van der Waals surface area contributed by atoms with E-state index in [1.165, 1.54) is 11.2 Å². The van der Waals surface area contributed by atoms with Crippen molar-refractivity contribution in [3.05, 3.63) is 53.5 Å². The molecule has 0 atom stereocenters. The van der Waals surface area contributed by atoms with Crippen molar-refractivity contribution in [2.45, 2.75) is 19.7 Å². The van der Waals surface area contributed by atoms with Gasteiger partial charge in [-0.1, -0.05) is 30.3 Å². The summed E-state index contributed by atoms with van der Waals surface area (Å²) in [6, 6.07) is 9.58. The Morgan fingerprint density at radius 3 is 2.46 bits per heavy atom. The molecule has 0 bridgehead atoms. The second-order valence-corrected chi connectivity index (χ2v) is 6.78. The summed E-state index contributed by atoms with van der Waals surface area (Å²) in [6.45, 7) is 3.09. The Kier molecular flexibility index (Phi) is 4.96. The minimum Gasteiger partial charge on any atom is -0.465 e. The lowest BCUT2D eigenvalue weighted by molar-refractivity contribution is 0.0941. The first-order chi connectivity index (χ1) is 13.6. The van der Waals surface area contributed by atoms with E-state index in [-0.39, 0.29) is 19.2 Å². The van der Waals surface area contributed by atoms with Crippen molar-refractivity contribution in [1.82, 2.24) is 19.8 Å². The molecule has 3 heterocycles. The molecule has 0 aliphatic carbocycles. The van der Waals surface area contributed by atoms with Gasteiger partial charge in [-0.15, -0.1) is 0 Å². The van der Waals surface area contributed by atoms with Crippen LogP contribution in [0.2, 0.25) is 0 Å². The molecule has 0 saturated carbocycles. The number of aromatic nitrogens is 2. The van der Waals surface area contributed by atoms with Gasteiger partial charge in [-0.2, -0.15) is 0 Å². The number of rotatable bonds is 3. The van der Waals surface area contributed by atoms with Crippen LogP contribution >= 0.6 is 0 Å². The Labute approximate surface area is 162 Å². The second kappa shape index (κ2) is 7.71. The van der Waals surface area contributed by atoms with E-state index in [1.54, 1.807) is 4.90 Å². The zero-order valence-electron chi connectivity index (χ0n) is 15.3. The molecule has 2 amide bonds. The SMILES string of the molecule is O=C(O)N1Cc2ncnc(N3CCN(C(=O)OCc4ccccc4)CC3)c2C1. The first-order valence-electron chi connectivity index (χ1n) is 9.13. The van der Waals surface area contributed by atoms with Gasteiger partial charge >= 0.3 is 12.2 Å². The molecule has 9 nitrogen and oxygen atoms in total. The number of benzene rings is 1. The average Bonchev–Trinajstić information content (AvgIpc) is 3.18. The molecule has 2 aliphatic rings. The van der Waals surface area contributed by atoms with Gasteiger partial charge in [-0.25, -0.2) is 19.6 Å². The molecule has 1 fully saturated rings. The van der Waals surface area contributed by atoms with E-state index >= 15 is 0 Å². The molecule has 1 aromatic carbocycles. The first-order valence-corrected chi connectivity index (χ1v) is 9.13. The fourth-order valence-electron chi connectivity index (χ4n) is 3.48. The van der Waals surface area contributed by atoms with Gasteiger partial charge in [0, 0.05) is 31.7 Å². The van der Waals surface area contributed by atoms with Crippen molar-refractivity contribution < 1.29 is 19.4 Å². The number of carboxylic acid groups (broad SMARTS) is 1. The quantitative estimate of drug-likeness (QED) is 0.864.